The lowest BCUT2D eigenvalue weighted by Crippen LogP contribution is -2.18. The van der Waals surface area contributed by atoms with Crippen molar-refractivity contribution in [2.24, 2.45) is 0 Å². The van der Waals surface area contributed by atoms with E-state index in [2.05, 4.69) is 11.4 Å². The van der Waals surface area contributed by atoms with Gasteiger partial charge in [-0.1, -0.05) is 30.3 Å². The molecular weight excluding hydrogens is 263 g/mol. The summed E-state index contributed by atoms with van der Waals surface area (Å²) >= 11 is 0. The van der Waals surface area contributed by atoms with Gasteiger partial charge in [0, 0.05) is 5.69 Å². The molecule has 2 aromatic carbocycles. The van der Waals surface area contributed by atoms with Gasteiger partial charge in [-0.3, -0.25) is 0 Å². The molecule has 0 unspecified atom stereocenters. The molecule has 0 amide bonds. The van der Waals surface area contributed by atoms with Gasteiger partial charge in [0.2, 0.25) is 0 Å². The van der Waals surface area contributed by atoms with Crippen molar-refractivity contribution in [1.82, 2.24) is 0 Å². The normalized spacial score (nSPS) is 18.2. The fraction of sp³-hybridized carbons (Fsp3) is 0.250. The van der Waals surface area contributed by atoms with Crippen LogP contribution in [0.2, 0.25) is 0 Å². The van der Waals surface area contributed by atoms with E-state index in [0.717, 1.165) is 36.2 Å². The Hall–Kier alpha value is -1.97. The molecule has 20 heavy (non-hydrogen) atoms. The quantitative estimate of drug-likeness (QED) is 0.789. The van der Waals surface area contributed by atoms with Gasteiger partial charge >= 0.3 is 6.18 Å². The maximum atomic E-state index is 12.5. The van der Waals surface area contributed by atoms with Crippen LogP contribution in [0.4, 0.5) is 18.9 Å². The molecule has 0 saturated carbocycles. The lowest BCUT2D eigenvalue weighted by atomic mass is 9.93. The minimum absolute atomic E-state index is 0.0761. The third-order valence-corrected chi connectivity index (χ3v) is 3.69. The number of aryl methyl sites for hydroxylation is 1. The lowest BCUT2D eigenvalue weighted by molar-refractivity contribution is -0.137. The molecule has 1 aliphatic rings. The van der Waals surface area contributed by atoms with Crippen LogP contribution in [0, 0.1) is 0 Å². The van der Waals surface area contributed by atoms with Crippen molar-refractivity contribution in [2.45, 2.75) is 25.1 Å². The molecule has 0 radical (unpaired) electrons. The molecule has 3 rings (SSSR count). The van der Waals surface area contributed by atoms with Gasteiger partial charge in [-0.15, -0.1) is 0 Å². The average Bonchev–Trinajstić information content (AvgIpc) is 2.46. The number of para-hydroxylation sites is 1. The Bertz CT molecular complexity index is 602. The summed E-state index contributed by atoms with van der Waals surface area (Å²) in [5.41, 5.74) is 2.63. The molecule has 0 spiro atoms. The predicted molar refractivity (Wildman–Crippen MR) is 72.6 cm³/mol. The molecule has 1 N–H and O–H groups in total. The van der Waals surface area contributed by atoms with Crippen molar-refractivity contribution in [3.05, 3.63) is 65.2 Å². The zero-order valence-electron chi connectivity index (χ0n) is 10.7. The van der Waals surface area contributed by atoms with Gasteiger partial charge in [-0.25, -0.2) is 0 Å². The molecule has 0 saturated heterocycles. The number of halogens is 3. The van der Waals surface area contributed by atoms with Gasteiger partial charge < -0.3 is 5.32 Å². The number of fused-ring (bicyclic) bond motifs is 1. The number of benzene rings is 2. The number of anilines is 1. The first kappa shape index (κ1) is 13.0. The van der Waals surface area contributed by atoms with E-state index < -0.39 is 11.7 Å². The first-order valence-electron chi connectivity index (χ1n) is 6.55. The van der Waals surface area contributed by atoms with Crippen molar-refractivity contribution in [1.29, 1.82) is 0 Å². The summed E-state index contributed by atoms with van der Waals surface area (Å²) in [6, 6.07) is 13.5. The first-order valence-corrected chi connectivity index (χ1v) is 6.55. The predicted octanol–water partition coefficient (Wildman–Crippen LogP) is 4.80. The molecule has 0 aliphatic carbocycles. The largest absolute Gasteiger partial charge is 0.416 e. The van der Waals surface area contributed by atoms with E-state index in [0.29, 0.717) is 0 Å². The van der Waals surface area contributed by atoms with Crippen LogP contribution in [0.5, 0.6) is 0 Å². The zero-order chi connectivity index (χ0) is 14.2. The highest BCUT2D eigenvalue weighted by atomic mass is 19.4. The van der Waals surface area contributed by atoms with Crippen LogP contribution in [0.15, 0.2) is 48.5 Å². The van der Waals surface area contributed by atoms with Gasteiger partial charge in [-0.2, -0.15) is 13.2 Å². The number of hydrogen-bond acceptors (Lipinski definition) is 1. The van der Waals surface area contributed by atoms with E-state index in [-0.39, 0.29) is 6.04 Å². The Labute approximate surface area is 115 Å². The highest BCUT2D eigenvalue weighted by Crippen LogP contribution is 2.34. The second-order valence-corrected chi connectivity index (χ2v) is 5.01. The molecule has 2 aromatic rings. The molecule has 1 atom stereocenters. The average molecular weight is 277 g/mol. The highest BCUT2D eigenvalue weighted by molar-refractivity contribution is 5.54. The lowest BCUT2D eigenvalue weighted by Gasteiger charge is -2.27. The second-order valence-electron chi connectivity index (χ2n) is 5.01. The number of nitrogens with one attached hydrogen (secondary N) is 1. The van der Waals surface area contributed by atoms with Gasteiger partial charge in [0.25, 0.3) is 0 Å². The van der Waals surface area contributed by atoms with E-state index in [4.69, 9.17) is 0 Å². The Balaban J connectivity index is 1.81. The first-order chi connectivity index (χ1) is 9.54. The van der Waals surface area contributed by atoms with Gasteiger partial charge in [0.15, 0.2) is 0 Å². The third-order valence-electron chi connectivity index (χ3n) is 3.69. The van der Waals surface area contributed by atoms with Gasteiger partial charge in [0.1, 0.15) is 0 Å². The monoisotopic (exact) mass is 277 g/mol. The fourth-order valence-corrected chi connectivity index (χ4v) is 2.59. The summed E-state index contributed by atoms with van der Waals surface area (Å²) in [4.78, 5) is 0. The van der Waals surface area contributed by atoms with Crippen LogP contribution in [0.3, 0.4) is 0 Å². The van der Waals surface area contributed by atoms with Crippen LogP contribution in [-0.2, 0) is 12.6 Å². The van der Waals surface area contributed by atoms with E-state index in [1.807, 2.05) is 18.2 Å². The molecular formula is C16H14F3N. The Morgan fingerprint density at radius 1 is 0.950 bits per heavy atom. The van der Waals surface area contributed by atoms with Crippen LogP contribution in [-0.4, -0.2) is 0 Å². The molecule has 0 aromatic heterocycles. The summed E-state index contributed by atoms with van der Waals surface area (Å²) in [6.45, 7) is 0. The number of hydrogen-bond donors (Lipinski definition) is 1. The number of alkyl halides is 3. The maximum absolute atomic E-state index is 12.5. The maximum Gasteiger partial charge on any atom is 0.416 e. The van der Waals surface area contributed by atoms with Crippen LogP contribution in [0.1, 0.15) is 29.2 Å². The molecule has 1 nitrogen and oxygen atoms in total. The summed E-state index contributed by atoms with van der Waals surface area (Å²) < 4.78 is 37.6. The summed E-state index contributed by atoms with van der Waals surface area (Å²) in [5, 5.41) is 3.39. The van der Waals surface area contributed by atoms with Crippen molar-refractivity contribution in [3.8, 4) is 0 Å². The third kappa shape index (κ3) is 2.50. The second kappa shape index (κ2) is 4.85. The highest BCUT2D eigenvalue weighted by Gasteiger charge is 2.30. The van der Waals surface area contributed by atoms with Crippen LogP contribution < -0.4 is 5.32 Å². The molecule has 1 aliphatic heterocycles. The fourth-order valence-electron chi connectivity index (χ4n) is 2.59. The standard InChI is InChI=1S/C16H14F3N/c17-16(18,19)13-8-5-12(6-9-13)15-10-7-11-3-1-2-4-14(11)20-15/h1-6,8-9,15,20H,7,10H2/t15-/m0/s1. The van der Waals surface area contributed by atoms with Crippen molar-refractivity contribution in [3.63, 3.8) is 0 Å². The van der Waals surface area contributed by atoms with E-state index in [1.54, 1.807) is 12.1 Å². The topological polar surface area (TPSA) is 12.0 Å². The minimum atomic E-state index is -4.27. The Morgan fingerprint density at radius 3 is 2.35 bits per heavy atom. The SMILES string of the molecule is FC(F)(F)c1ccc([C@@H]2CCc3ccccc3N2)cc1. The van der Waals surface area contributed by atoms with Crippen LogP contribution >= 0.6 is 0 Å². The Morgan fingerprint density at radius 2 is 1.65 bits per heavy atom. The van der Waals surface area contributed by atoms with E-state index >= 15 is 0 Å². The zero-order valence-corrected chi connectivity index (χ0v) is 10.7. The molecule has 104 valence electrons. The molecule has 0 bridgehead atoms. The van der Waals surface area contributed by atoms with Crippen LogP contribution in [0.25, 0.3) is 0 Å². The van der Waals surface area contributed by atoms with Crippen molar-refractivity contribution < 1.29 is 13.2 Å². The summed E-state index contributed by atoms with van der Waals surface area (Å²) in [5.74, 6) is 0. The molecule has 4 heteroatoms. The van der Waals surface area contributed by atoms with Gasteiger partial charge in [0.05, 0.1) is 11.6 Å². The smallest absolute Gasteiger partial charge is 0.378 e. The molecule has 0 fully saturated rings. The van der Waals surface area contributed by atoms with Crippen molar-refractivity contribution in [2.75, 3.05) is 5.32 Å². The Kier molecular flexibility index (Phi) is 3.16. The molecule has 1 heterocycles. The van der Waals surface area contributed by atoms with Crippen molar-refractivity contribution >= 4 is 5.69 Å². The number of rotatable bonds is 1. The van der Waals surface area contributed by atoms with E-state index in [9.17, 15) is 13.2 Å². The summed E-state index contributed by atoms with van der Waals surface area (Å²) in [7, 11) is 0. The summed E-state index contributed by atoms with van der Waals surface area (Å²) in [6.07, 6.45) is -2.44. The van der Waals surface area contributed by atoms with Gasteiger partial charge in [-0.05, 0) is 42.2 Å². The van der Waals surface area contributed by atoms with E-state index in [1.165, 1.54) is 5.56 Å². The minimum Gasteiger partial charge on any atom is -0.378 e.